The molecule has 4 unspecified atom stereocenters. The molecule has 24 nitrogen and oxygen atoms in total. The van der Waals surface area contributed by atoms with Gasteiger partial charge in [0.25, 0.3) is 0 Å². The zero-order valence-corrected chi connectivity index (χ0v) is 83.1. The van der Waals surface area contributed by atoms with Gasteiger partial charge in [0, 0.05) is 230 Å². The second kappa shape index (κ2) is 46.4. The van der Waals surface area contributed by atoms with Crippen molar-refractivity contribution >= 4 is 58.7 Å². The van der Waals surface area contributed by atoms with Crippen LogP contribution in [0.15, 0.2) is 72.8 Å². The summed E-state index contributed by atoms with van der Waals surface area (Å²) in [6.07, 6.45) is -34.8. The Morgan fingerprint density at radius 1 is 0.306 bits per heavy atom. The van der Waals surface area contributed by atoms with Gasteiger partial charge in [0.05, 0.1) is 29.9 Å². The third-order valence-electron chi connectivity index (χ3n) is 30.9. The first-order chi connectivity index (χ1) is 67.5. The van der Waals surface area contributed by atoms with Crippen LogP contribution in [-0.4, -0.2) is 357 Å². The maximum atomic E-state index is 13.6. The van der Waals surface area contributed by atoms with E-state index in [0.29, 0.717) is 135 Å². The molecule has 0 aliphatic carbocycles. The van der Waals surface area contributed by atoms with Crippen molar-refractivity contribution in [2.45, 2.75) is 200 Å². The number of rotatable bonds is 18. The number of halogens is 22. The number of ether oxygens (including phenoxy) is 5. The smallest absolute Gasteiger partial charge is 0.425 e. The van der Waals surface area contributed by atoms with Crippen molar-refractivity contribution in [3.05, 3.63) is 117 Å². The summed E-state index contributed by atoms with van der Waals surface area (Å²) in [5, 5.41) is 0.718. The van der Waals surface area contributed by atoms with Gasteiger partial charge in [-0.3, -0.25) is 19.6 Å². The van der Waals surface area contributed by atoms with Crippen LogP contribution in [0.4, 0.5) is 134 Å². The van der Waals surface area contributed by atoms with Crippen LogP contribution >= 0.6 is 11.6 Å². The fourth-order valence-corrected chi connectivity index (χ4v) is 21.8. The van der Waals surface area contributed by atoms with Gasteiger partial charge in [0.1, 0.15) is 0 Å². The van der Waals surface area contributed by atoms with Crippen LogP contribution in [0, 0.1) is 21.7 Å². The Hall–Kier alpha value is -8.34. The van der Waals surface area contributed by atoms with E-state index < -0.39 is 109 Å². The van der Waals surface area contributed by atoms with E-state index in [9.17, 15) is 111 Å². The molecule has 0 bridgehead atoms. The standard InChI is InChI=1S/C26H36F6N4O2.C25H34F6N4O2.C24H32F6N4O2.C23H31ClF3N3O3/c1-3-33-9-6-24(18-33)7-10-35(11-8-24)22-16-21(26(30,31)32)5-4-20(22)17-34-12-14-36(15-13-34)23(37)38-19(2)25(27,28)29;1-18(24(26,27)28)37-22(36)35-13-11-33(12-14-35)16-19-3-4-20(25(29,30)31)15-21(19)34-9-6-23(7-10-34)5-8-32(2)17-23;1-3-31-14-22(15-31)6-7-34(16-22)20-12-19(24(28,29)30)5-4-18(20)13-32-8-10-33(11-9-32)21(35)36-17(2)23(25,26)27;1-17(23(25,26)27)33-21(31)30-9-6-22(16-30)4-7-28(8-5-22)15-18-2-3-19(24)14-20(18)29-10-12-32-13-11-29/h4-5,16,19H,3,6-15,17-18H2,1-2H3;3-4,15,18H,5-14,16-17H2,1-2H3;4-5,12,17H,3,6-11,13-16H2,1-2H3;2-3,14,17H,4-13,15-16H2,1H3. The van der Waals surface area contributed by atoms with Gasteiger partial charge < -0.3 is 77.6 Å². The average molecular weight is 2100 g/mol. The fraction of sp³-hybridized carbons (Fsp3) is 0.714. The summed E-state index contributed by atoms with van der Waals surface area (Å²) in [6.45, 7) is 30.8. The highest BCUT2D eigenvalue weighted by atomic mass is 35.5. The Labute approximate surface area is 831 Å². The van der Waals surface area contributed by atoms with Gasteiger partial charge in [0.2, 0.25) is 0 Å². The van der Waals surface area contributed by atoms with E-state index in [1.165, 1.54) is 61.6 Å². The number of benzene rings is 4. The Kier molecular flexibility index (Phi) is 36.4. The summed E-state index contributed by atoms with van der Waals surface area (Å²) in [5.74, 6) is 0. The summed E-state index contributed by atoms with van der Waals surface area (Å²) >= 11 is 6.28. The molecule has 12 fully saturated rings. The fourth-order valence-electron chi connectivity index (χ4n) is 21.6. The summed E-state index contributed by atoms with van der Waals surface area (Å²) in [5.41, 5.74) is 4.97. The SMILES string of the molecule is CC(OC(=O)N1CCC2(CCN(Cc3ccc(Cl)cc3N3CCOCC3)CC2)C1)C(F)(F)F.CC(OC(=O)N1CCN(Cc2ccc(C(F)(F)F)cc2N2CCC3(CCN(C)C3)CC2)CC1)C(F)(F)F.CCN1CC2(CCN(c3cc(C(F)(F)F)ccc3CN3CCN(C(=O)OC(C)C(F)(F)F)CC3)C2)C1.CCN1CCC2(CCN(c3cc(C(F)(F)F)ccc3CN3CCN(C(=O)OC(C)C(F)(F)F)CC3)CC2)C1. The Balaban J connectivity index is 0.000000161. The van der Waals surface area contributed by atoms with Gasteiger partial charge in [-0.05, 0) is 225 Å². The molecule has 4 spiro atoms. The molecule has 12 aliphatic rings. The van der Waals surface area contributed by atoms with Crippen molar-refractivity contribution in [2.24, 2.45) is 21.7 Å². The summed E-state index contributed by atoms with van der Waals surface area (Å²) in [7, 11) is 2.10. The molecule has 808 valence electrons. The first kappa shape index (κ1) is 113. The lowest BCUT2D eigenvalue weighted by Gasteiger charge is -2.48. The molecule has 0 radical (unpaired) electrons. The second-order valence-electron chi connectivity index (χ2n) is 41.0. The van der Waals surface area contributed by atoms with E-state index >= 15 is 0 Å². The van der Waals surface area contributed by atoms with Crippen LogP contribution in [-0.2, 0) is 68.4 Å². The molecule has 16 rings (SSSR count). The van der Waals surface area contributed by atoms with E-state index in [2.05, 4.69) is 85.1 Å². The zero-order chi connectivity index (χ0) is 105. The largest absolute Gasteiger partial charge is 0.437 e. The van der Waals surface area contributed by atoms with Crippen LogP contribution < -0.4 is 19.6 Å². The van der Waals surface area contributed by atoms with Crippen molar-refractivity contribution in [1.82, 2.24) is 53.9 Å². The predicted molar refractivity (Wildman–Crippen MR) is 498 cm³/mol. The average Bonchev–Trinajstić information content (AvgIpc) is 1.60. The quantitative estimate of drug-likeness (QED) is 0.0682. The zero-order valence-electron chi connectivity index (χ0n) is 82.4. The minimum Gasteiger partial charge on any atom is -0.437 e. The summed E-state index contributed by atoms with van der Waals surface area (Å²) in [6, 6.07) is 17.6. The number of likely N-dealkylation sites (tertiary alicyclic amines) is 5. The number of hydrogen-bond donors (Lipinski definition) is 0. The second-order valence-corrected chi connectivity index (χ2v) is 41.4. The first-order valence-corrected chi connectivity index (χ1v) is 50.0. The number of anilines is 4. The predicted octanol–water partition coefficient (Wildman–Crippen LogP) is 19.0. The first-order valence-electron chi connectivity index (χ1n) is 49.6. The molecule has 0 aromatic heterocycles. The third kappa shape index (κ3) is 29.7. The molecular formula is C98H133ClF21N15O9. The molecule has 0 saturated carbocycles. The van der Waals surface area contributed by atoms with E-state index in [-0.39, 0.29) is 60.9 Å². The van der Waals surface area contributed by atoms with Gasteiger partial charge in [-0.1, -0.05) is 49.7 Å². The Bertz CT molecular complexity index is 4900. The number of amides is 4. The highest BCUT2D eigenvalue weighted by Crippen LogP contribution is 2.49. The monoisotopic (exact) mass is 2100 g/mol. The molecule has 12 heterocycles. The highest BCUT2D eigenvalue weighted by Gasteiger charge is 2.52. The minimum atomic E-state index is -4.63. The van der Waals surface area contributed by atoms with Crippen molar-refractivity contribution in [2.75, 3.05) is 249 Å². The summed E-state index contributed by atoms with van der Waals surface area (Å²) in [4.78, 5) is 77.7. The van der Waals surface area contributed by atoms with Gasteiger partial charge >= 0.3 is 67.6 Å². The molecule has 4 amide bonds. The molecule has 4 aromatic carbocycles. The van der Waals surface area contributed by atoms with E-state index in [1.807, 2.05) is 26.8 Å². The number of piperazine rings is 3. The number of piperidine rings is 3. The molecule has 12 aliphatic heterocycles. The Morgan fingerprint density at radius 2 is 0.583 bits per heavy atom. The number of morpholine rings is 1. The van der Waals surface area contributed by atoms with Gasteiger partial charge in [-0.15, -0.1) is 0 Å². The Morgan fingerprint density at radius 3 is 0.924 bits per heavy atom. The molecule has 0 N–H and O–H groups in total. The van der Waals surface area contributed by atoms with Crippen LogP contribution in [0.2, 0.25) is 5.02 Å². The maximum absolute atomic E-state index is 13.6. The lowest BCUT2D eigenvalue weighted by atomic mass is 9.77. The van der Waals surface area contributed by atoms with Crippen molar-refractivity contribution in [1.29, 1.82) is 0 Å². The van der Waals surface area contributed by atoms with E-state index in [0.717, 1.165) is 229 Å². The van der Waals surface area contributed by atoms with Crippen molar-refractivity contribution < 1.29 is 135 Å². The van der Waals surface area contributed by atoms with Crippen molar-refractivity contribution in [3.63, 3.8) is 0 Å². The number of alkyl halides is 21. The van der Waals surface area contributed by atoms with Crippen LogP contribution in [0.3, 0.4) is 0 Å². The van der Waals surface area contributed by atoms with Gasteiger partial charge in [-0.25, -0.2) is 19.2 Å². The number of hydrogen-bond acceptors (Lipinski definition) is 20. The molecular weight excluding hydrogens is 1970 g/mol. The normalized spacial score (nSPS) is 22.3. The molecule has 144 heavy (non-hydrogen) atoms. The van der Waals surface area contributed by atoms with E-state index in [1.54, 1.807) is 0 Å². The van der Waals surface area contributed by atoms with Crippen LogP contribution in [0.5, 0.6) is 0 Å². The highest BCUT2D eigenvalue weighted by molar-refractivity contribution is 6.30. The minimum absolute atomic E-state index is 0.0377. The van der Waals surface area contributed by atoms with Crippen LogP contribution in [0.1, 0.15) is 145 Å². The molecule has 12 saturated heterocycles. The molecule has 4 atom stereocenters. The molecule has 4 aromatic rings. The third-order valence-corrected chi connectivity index (χ3v) is 31.2. The maximum Gasteiger partial charge on any atom is 0.425 e. The van der Waals surface area contributed by atoms with Gasteiger partial charge in [-0.2, -0.15) is 92.2 Å². The summed E-state index contributed by atoms with van der Waals surface area (Å²) < 4.78 is 298. The number of carbonyl (C=O) groups excluding carboxylic acids is 4. The number of carbonyl (C=O) groups is 4. The van der Waals surface area contributed by atoms with Crippen molar-refractivity contribution in [3.8, 4) is 0 Å². The van der Waals surface area contributed by atoms with Gasteiger partial charge in [0.15, 0.2) is 24.4 Å². The van der Waals surface area contributed by atoms with Crippen LogP contribution in [0.25, 0.3) is 0 Å². The number of nitrogens with zero attached hydrogens (tertiary/aromatic N) is 15. The van der Waals surface area contributed by atoms with E-state index in [4.69, 9.17) is 16.3 Å². The lowest BCUT2D eigenvalue weighted by Crippen LogP contribution is -2.57. The topological polar surface area (TPSA) is 163 Å². The lowest BCUT2D eigenvalue weighted by molar-refractivity contribution is -0.200. The molecule has 46 heteroatoms.